The number of nitrogens with one attached hydrogen (secondary N) is 1. The Balaban J connectivity index is 2.26. The summed E-state index contributed by atoms with van der Waals surface area (Å²) in [5.41, 5.74) is 4.72. The molecule has 0 radical (unpaired) electrons. The van der Waals surface area contributed by atoms with Crippen molar-refractivity contribution in [2.45, 2.75) is 32.9 Å². The van der Waals surface area contributed by atoms with Crippen LogP contribution in [0.1, 0.15) is 23.2 Å². The maximum absolute atomic E-state index is 11.1. The Morgan fingerprint density at radius 1 is 1.47 bits per heavy atom. The number of aromatic nitrogens is 1. The second-order valence-electron chi connectivity index (χ2n) is 5.21. The SMILES string of the molecule is Cc1ccc2c(c1)c1c(n2CC(=O)O)CCCNC1. The summed E-state index contributed by atoms with van der Waals surface area (Å²) in [5.74, 6) is -0.780. The lowest BCUT2D eigenvalue weighted by atomic mass is 10.1. The maximum atomic E-state index is 11.1. The van der Waals surface area contributed by atoms with Crippen molar-refractivity contribution in [2.75, 3.05) is 6.54 Å². The lowest BCUT2D eigenvalue weighted by Gasteiger charge is -2.07. The Morgan fingerprint density at radius 2 is 2.32 bits per heavy atom. The van der Waals surface area contributed by atoms with Gasteiger partial charge in [-0.3, -0.25) is 4.79 Å². The van der Waals surface area contributed by atoms with E-state index in [1.54, 1.807) is 0 Å². The summed E-state index contributed by atoms with van der Waals surface area (Å²) in [5, 5.41) is 13.8. The maximum Gasteiger partial charge on any atom is 0.323 e. The van der Waals surface area contributed by atoms with Gasteiger partial charge in [-0.1, -0.05) is 11.6 Å². The fraction of sp³-hybridized carbons (Fsp3) is 0.400. The molecule has 0 spiro atoms. The molecule has 0 fully saturated rings. The summed E-state index contributed by atoms with van der Waals surface area (Å²) in [6.07, 6.45) is 2.01. The van der Waals surface area contributed by atoms with E-state index in [4.69, 9.17) is 5.11 Å². The number of hydrogen-bond acceptors (Lipinski definition) is 2. The average Bonchev–Trinajstić information content (AvgIpc) is 2.55. The summed E-state index contributed by atoms with van der Waals surface area (Å²) >= 11 is 0. The van der Waals surface area contributed by atoms with Gasteiger partial charge in [-0.05, 0) is 44.0 Å². The van der Waals surface area contributed by atoms with Crippen LogP contribution in [0.3, 0.4) is 0 Å². The standard InChI is InChI=1S/C15H18N2O2/c1-10-4-5-14-11(7-10)12-8-16-6-2-3-13(12)17(14)9-15(18)19/h4-5,7,16H,2-3,6,8-9H2,1H3,(H,18,19). The third kappa shape index (κ3) is 2.12. The van der Waals surface area contributed by atoms with Crippen LogP contribution in [-0.4, -0.2) is 22.2 Å². The predicted octanol–water partition coefficient (Wildman–Crippen LogP) is 2.07. The zero-order chi connectivity index (χ0) is 13.4. The fourth-order valence-corrected chi connectivity index (χ4v) is 2.98. The molecule has 1 aromatic heterocycles. The minimum Gasteiger partial charge on any atom is -0.480 e. The van der Waals surface area contributed by atoms with Crippen LogP contribution in [0, 0.1) is 6.92 Å². The van der Waals surface area contributed by atoms with Crippen LogP contribution in [0.25, 0.3) is 10.9 Å². The third-order valence-electron chi connectivity index (χ3n) is 3.80. The second kappa shape index (κ2) is 4.70. The van der Waals surface area contributed by atoms with Gasteiger partial charge in [0.05, 0.1) is 0 Å². The molecule has 0 bridgehead atoms. The van der Waals surface area contributed by atoms with Gasteiger partial charge >= 0.3 is 5.97 Å². The highest BCUT2D eigenvalue weighted by Crippen LogP contribution is 2.29. The van der Waals surface area contributed by atoms with Crippen LogP contribution in [0.15, 0.2) is 18.2 Å². The van der Waals surface area contributed by atoms with Crippen molar-refractivity contribution in [1.82, 2.24) is 9.88 Å². The van der Waals surface area contributed by atoms with Crippen molar-refractivity contribution in [3.63, 3.8) is 0 Å². The number of aliphatic carboxylic acids is 1. The number of carbonyl (C=O) groups is 1. The zero-order valence-corrected chi connectivity index (χ0v) is 11.1. The summed E-state index contributed by atoms with van der Waals surface area (Å²) in [4.78, 5) is 11.1. The molecule has 100 valence electrons. The van der Waals surface area contributed by atoms with E-state index in [9.17, 15) is 4.79 Å². The van der Waals surface area contributed by atoms with Crippen molar-refractivity contribution in [3.05, 3.63) is 35.0 Å². The number of carboxylic acids is 1. The molecule has 2 heterocycles. The molecule has 2 N–H and O–H groups in total. The number of carboxylic acid groups (broad SMARTS) is 1. The third-order valence-corrected chi connectivity index (χ3v) is 3.80. The number of benzene rings is 1. The summed E-state index contributed by atoms with van der Waals surface area (Å²) < 4.78 is 1.97. The molecule has 1 aromatic carbocycles. The summed E-state index contributed by atoms with van der Waals surface area (Å²) in [7, 11) is 0. The van der Waals surface area contributed by atoms with Crippen LogP contribution in [0.2, 0.25) is 0 Å². The number of rotatable bonds is 2. The van der Waals surface area contributed by atoms with Gasteiger partial charge in [0.25, 0.3) is 0 Å². The predicted molar refractivity (Wildman–Crippen MR) is 74.3 cm³/mol. The van der Waals surface area contributed by atoms with E-state index >= 15 is 0 Å². The van der Waals surface area contributed by atoms with E-state index in [1.807, 2.05) is 16.7 Å². The highest BCUT2D eigenvalue weighted by Gasteiger charge is 2.19. The lowest BCUT2D eigenvalue weighted by molar-refractivity contribution is -0.137. The average molecular weight is 258 g/mol. The topological polar surface area (TPSA) is 54.3 Å². The van der Waals surface area contributed by atoms with Crippen LogP contribution in [0.5, 0.6) is 0 Å². The zero-order valence-electron chi connectivity index (χ0n) is 11.1. The Labute approximate surface area is 112 Å². The van der Waals surface area contributed by atoms with E-state index < -0.39 is 5.97 Å². The summed E-state index contributed by atoms with van der Waals surface area (Å²) in [6, 6.07) is 6.26. The second-order valence-corrected chi connectivity index (χ2v) is 5.21. The van der Waals surface area contributed by atoms with E-state index in [0.717, 1.165) is 31.4 Å². The molecule has 3 rings (SSSR count). The largest absolute Gasteiger partial charge is 0.480 e. The molecule has 1 aliphatic rings. The molecule has 1 aliphatic heterocycles. The molecule has 0 amide bonds. The van der Waals surface area contributed by atoms with Crippen molar-refractivity contribution in [2.24, 2.45) is 0 Å². The van der Waals surface area contributed by atoms with Crippen LogP contribution in [-0.2, 0) is 24.3 Å². The Bertz CT molecular complexity index is 643. The van der Waals surface area contributed by atoms with Gasteiger partial charge < -0.3 is 15.0 Å². The number of nitrogens with zero attached hydrogens (tertiary/aromatic N) is 1. The van der Waals surface area contributed by atoms with E-state index in [2.05, 4.69) is 18.3 Å². The first kappa shape index (κ1) is 12.2. The fourth-order valence-electron chi connectivity index (χ4n) is 2.98. The molecule has 4 heteroatoms. The van der Waals surface area contributed by atoms with Crippen molar-refractivity contribution in [3.8, 4) is 0 Å². The molecule has 0 unspecified atom stereocenters. The molecule has 0 aliphatic carbocycles. The first-order valence-corrected chi connectivity index (χ1v) is 6.70. The Kier molecular flexibility index (Phi) is 3.03. The normalized spacial score (nSPS) is 15.2. The van der Waals surface area contributed by atoms with Crippen molar-refractivity contribution >= 4 is 16.9 Å². The van der Waals surface area contributed by atoms with E-state index in [-0.39, 0.29) is 6.54 Å². The van der Waals surface area contributed by atoms with Gasteiger partial charge in [0.15, 0.2) is 0 Å². The lowest BCUT2D eigenvalue weighted by Crippen LogP contribution is -2.11. The molecule has 2 aromatic rings. The first-order chi connectivity index (χ1) is 9.16. The Hall–Kier alpha value is -1.81. The van der Waals surface area contributed by atoms with Crippen LogP contribution in [0.4, 0.5) is 0 Å². The van der Waals surface area contributed by atoms with Crippen LogP contribution >= 0.6 is 0 Å². The highest BCUT2D eigenvalue weighted by atomic mass is 16.4. The van der Waals surface area contributed by atoms with E-state index in [0.29, 0.717) is 0 Å². The molecule has 0 atom stereocenters. The number of fused-ring (bicyclic) bond motifs is 3. The van der Waals surface area contributed by atoms with Crippen molar-refractivity contribution in [1.29, 1.82) is 0 Å². The molecule has 0 saturated heterocycles. The molecule has 19 heavy (non-hydrogen) atoms. The summed E-state index contributed by atoms with van der Waals surface area (Å²) in [6.45, 7) is 3.95. The minimum atomic E-state index is -0.780. The van der Waals surface area contributed by atoms with Gasteiger partial charge in [0, 0.05) is 23.1 Å². The van der Waals surface area contributed by atoms with Gasteiger partial charge in [-0.2, -0.15) is 0 Å². The van der Waals surface area contributed by atoms with Gasteiger partial charge in [-0.25, -0.2) is 0 Å². The quantitative estimate of drug-likeness (QED) is 0.867. The minimum absolute atomic E-state index is 0.0505. The van der Waals surface area contributed by atoms with E-state index in [1.165, 1.54) is 22.2 Å². The molecule has 0 saturated carbocycles. The monoisotopic (exact) mass is 258 g/mol. The van der Waals surface area contributed by atoms with Gasteiger partial charge in [-0.15, -0.1) is 0 Å². The van der Waals surface area contributed by atoms with Crippen molar-refractivity contribution < 1.29 is 9.90 Å². The smallest absolute Gasteiger partial charge is 0.323 e. The number of aryl methyl sites for hydroxylation is 1. The van der Waals surface area contributed by atoms with Gasteiger partial charge in [0.2, 0.25) is 0 Å². The highest BCUT2D eigenvalue weighted by molar-refractivity contribution is 5.87. The number of hydrogen-bond donors (Lipinski definition) is 2. The van der Waals surface area contributed by atoms with Crippen LogP contribution < -0.4 is 5.32 Å². The molecule has 4 nitrogen and oxygen atoms in total. The molecular formula is C15H18N2O2. The first-order valence-electron chi connectivity index (χ1n) is 6.70. The van der Waals surface area contributed by atoms with Gasteiger partial charge in [0.1, 0.15) is 6.54 Å². The molecular weight excluding hydrogens is 240 g/mol. The Morgan fingerprint density at radius 3 is 3.11 bits per heavy atom.